The third-order valence-corrected chi connectivity index (χ3v) is 6.63. The fraction of sp³-hybridized carbons (Fsp3) is 0.652. The zero-order valence-electron chi connectivity index (χ0n) is 17.5. The summed E-state index contributed by atoms with van der Waals surface area (Å²) < 4.78 is 0. The van der Waals surface area contributed by atoms with Gasteiger partial charge in [0.2, 0.25) is 5.91 Å². The molecule has 1 aromatic carbocycles. The van der Waals surface area contributed by atoms with Crippen LogP contribution in [-0.2, 0) is 4.79 Å². The maximum absolute atomic E-state index is 13.1. The highest BCUT2D eigenvalue weighted by molar-refractivity contribution is 6.03. The Balaban J connectivity index is 0.00000240. The lowest BCUT2D eigenvalue weighted by atomic mass is 9.89. The second-order valence-electron chi connectivity index (χ2n) is 9.43. The van der Waals surface area contributed by atoms with Crippen molar-refractivity contribution in [1.82, 2.24) is 10.2 Å². The molecule has 3 aliphatic heterocycles. The molecule has 1 aromatic rings. The number of amides is 2. The zero-order valence-corrected chi connectivity index (χ0v) is 18.3. The summed E-state index contributed by atoms with van der Waals surface area (Å²) >= 11 is 0. The molecule has 5 nitrogen and oxygen atoms in total. The standard InChI is InChI=1S/C23H33N3O2.ClH/c1-15-9-16(2)14-26(13-15)23(28)20-5-3-4-6-21(20)25-22(27)12-17-10-18-7-8-19(11-17)24-18;/h3-6,15-19,24H,7-14H2,1-2H3,(H,25,27);1H. The number of carbonyl (C=O) groups is 2. The molecule has 2 amide bonds. The molecule has 160 valence electrons. The van der Waals surface area contributed by atoms with E-state index in [1.807, 2.05) is 29.2 Å². The van der Waals surface area contributed by atoms with Gasteiger partial charge in [0, 0.05) is 31.6 Å². The zero-order chi connectivity index (χ0) is 19.7. The molecule has 3 saturated heterocycles. The highest BCUT2D eigenvalue weighted by atomic mass is 35.5. The van der Waals surface area contributed by atoms with Gasteiger partial charge in [0.05, 0.1) is 11.3 Å². The van der Waals surface area contributed by atoms with Gasteiger partial charge in [0.15, 0.2) is 0 Å². The summed E-state index contributed by atoms with van der Waals surface area (Å²) in [5, 5.41) is 6.67. The molecule has 4 rings (SSSR count). The van der Waals surface area contributed by atoms with Crippen molar-refractivity contribution < 1.29 is 9.59 Å². The number of benzene rings is 1. The molecule has 6 heteroatoms. The predicted molar refractivity (Wildman–Crippen MR) is 118 cm³/mol. The minimum absolute atomic E-state index is 0. The van der Waals surface area contributed by atoms with Crippen LogP contribution in [0, 0.1) is 17.8 Å². The minimum Gasteiger partial charge on any atom is -0.338 e. The molecule has 4 atom stereocenters. The summed E-state index contributed by atoms with van der Waals surface area (Å²) in [5.41, 5.74) is 1.27. The van der Waals surface area contributed by atoms with Crippen molar-refractivity contribution in [2.24, 2.45) is 17.8 Å². The van der Waals surface area contributed by atoms with Gasteiger partial charge in [-0.3, -0.25) is 9.59 Å². The lowest BCUT2D eigenvalue weighted by molar-refractivity contribution is -0.117. The smallest absolute Gasteiger partial charge is 0.255 e. The Labute approximate surface area is 180 Å². The van der Waals surface area contributed by atoms with Crippen LogP contribution in [0.15, 0.2) is 24.3 Å². The van der Waals surface area contributed by atoms with Gasteiger partial charge in [0.1, 0.15) is 0 Å². The second kappa shape index (κ2) is 9.48. The van der Waals surface area contributed by atoms with Gasteiger partial charge in [-0.25, -0.2) is 0 Å². The fourth-order valence-electron chi connectivity index (χ4n) is 5.58. The van der Waals surface area contributed by atoms with E-state index in [-0.39, 0.29) is 24.2 Å². The number of fused-ring (bicyclic) bond motifs is 2. The Hall–Kier alpha value is -1.59. The topological polar surface area (TPSA) is 61.4 Å². The normalized spacial score (nSPS) is 31.1. The van der Waals surface area contributed by atoms with Crippen molar-refractivity contribution >= 4 is 29.9 Å². The number of likely N-dealkylation sites (tertiary alicyclic amines) is 1. The van der Waals surface area contributed by atoms with Crippen LogP contribution >= 0.6 is 12.4 Å². The highest BCUT2D eigenvalue weighted by Crippen LogP contribution is 2.33. The summed E-state index contributed by atoms with van der Waals surface area (Å²) in [6.07, 6.45) is 6.39. The van der Waals surface area contributed by atoms with Gasteiger partial charge in [-0.15, -0.1) is 12.4 Å². The Morgan fingerprint density at radius 1 is 1.03 bits per heavy atom. The molecule has 0 radical (unpaired) electrons. The molecule has 0 aromatic heterocycles. The molecule has 2 N–H and O–H groups in total. The monoisotopic (exact) mass is 419 g/mol. The van der Waals surface area contributed by atoms with Crippen LogP contribution in [0.2, 0.25) is 0 Å². The first-order valence-corrected chi connectivity index (χ1v) is 10.9. The van der Waals surface area contributed by atoms with E-state index in [0.29, 0.717) is 47.5 Å². The quantitative estimate of drug-likeness (QED) is 0.772. The van der Waals surface area contributed by atoms with Crippen molar-refractivity contribution in [3.05, 3.63) is 29.8 Å². The van der Waals surface area contributed by atoms with Gasteiger partial charge >= 0.3 is 0 Å². The average molecular weight is 420 g/mol. The van der Waals surface area contributed by atoms with Crippen LogP contribution in [-0.4, -0.2) is 41.9 Å². The van der Waals surface area contributed by atoms with Gasteiger partial charge in [-0.1, -0.05) is 26.0 Å². The number of carbonyl (C=O) groups excluding carboxylic acids is 2. The number of hydrogen-bond acceptors (Lipinski definition) is 3. The number of para-hydroxylation sites is 1. The summed E-state index contributed by atoms with van der Waals surface area (Å²) in [6, 6.07) is 8.64. The van der Waals surface area contributed by atoms with E-state index < -0.39 is 0 Å². The van der Waals surface area contributed by atoms with E-state index >= 15 is 0 Å². The third-order valence-electron chi connectivity index (χ3n) is 6.63. The lowest BCUT2D eigenvalue weighted by Gasteiger charge is -2.35. The van der Waals surface area contributed by atoms with Gasteiger partial charge in [-0.05, 0) is 62.0 Å². The Morgan fingerprint density at radius 2 is 1.66 bits per heavy atom. The number of anilines is 1. The number of piperidine rings is 2. The second-order valence-corrected chi connectivity index (χ2v) is 9.43. The van der Waals surface area contributed by atoms with E-state index in [2.05, 4.69) is 24.5 Å². The molecule has 0 saturated carbocycles. The van der Waals surface area contributed by atoms with E-state index in [1.165, 1.54) is 19.3 Å². The fourth-order valence-corrected chi connectivity index (χ4v) is 5.58. The molecule has 0 spiro atoms. The Morgan fingerprint density at radius 3 is 2.31 bits per heavy atom. The predicted octanol–water partition coefficient (Wildman–Crippen LogP) is 4.09. The summed E-state index contributed by atoms with van der Waals surface area (Å²) in [4.78, 5) is 27.8. The first kappa shape index (κ1) is 22.1. The first-order chi connectivity index (χ1) is 13.5. The van der Waals surface area contributed by atoms with Crippen LogP contribution in [0.3, 0.4) is 0 Å². The van der Waals surface area contributed by atoms with Crippen LogP contribution in [0.4, 0.5) is 5.69 Å². The van der Waals surface area contributed by atoms with E-state index in [0.717, 1.165) is 25.9 Å². The molecule has 3 heterocycles. The Kier molecular flexibility index (Phi) is 7.23. The third kappa shape index (κ3) is 5.32. The van der Waals surface area contributed by atoms with Crippen LogP contribution in [0.5, 0.6) is 0 Å². The highest BCUT2D eigenvalue weighted by Gasteiger charge is 2.34. The number of nitrogens with zero attached hydrogens (tertiary/aromatic N) is 1. The molecule has 3 fully saturated rings. The van der Waals surface area contributed by atoms with Gasteiger partial charge in [0.25, 0.3) is 5.91 Å². The van der Waals surface area contributed by atoms with Crippen molar-refractivity contribution in [3.63, 3.8) is 0 Å². The maximum atomic E-state index is 13.1. The van der Waals surface area contributed by atoms with Crippen LogP contribution in [0.25, 0.3) is 0 Å². The molecule has 2 bridgehead atoms. The molecular weight excluding hydrogens is 386 g/mol. The molecule has 0 aliphatic carbocycles. The number of hydrogen-bond donors (Lipinski definition) is 2. The number of halogens is 1. The molecule has 3 aliphatic rings. The molecular formula is C23H34ClN3O2. The van der Waals surface area contributed by atoms with E-state index in [1.54, 1.807) is 0 Å². The van der Waals surface area contributed by atoms with Crippen LogP contribution in [0.1, 0.15) is 62.7 Å². The van der Waals surface area contributed by atoms with Crippen LogP contribution < -0.4 is 10.6 Å². The Bertz CT molecular complexity index is 719. The van der Waals surface area contributed by atoms with E-state index in [4.69, 9.17) is 0 Å². The number of nitrogens with one attached hydrogen (secondary N) is 2. The van der Waals surface area contributed by atoms with Crippen molar-refractivity contribution in [2.45, 2.75) is 64.5 Å². The van der Waals surface area contributed by atoms with E-state index in [9.17, 15) is 9.59 Å². The SMILES string of the molecule is CC1CC(C)CN(C(=O)c2ccccc2NC(=O)CC2CC3CCC(C2)N3)C1.Cl. The van der Waals surface area contributed by atoms with Gasteiger partial charge < -0.3 is 15.5 Å². The van der Waals surface area contributed by atoms with Crippen molar-refractivity contribution in [3.8, 4) is 0 Å². The minimum atomic E-state index is 0. The number of rotatable bonds is 4. The lowest BCUT2D eigenvalue weighted by Crippen LogP contribution is -2.42. The maximum Gasteiger partial charge on any atom is 0.255 e. The first-order valence-electron chi connectivity index (χ1n) is 10.9. The van der Waals surface area contributed by atoms with Crippen molar-refractivity contribution in [2.75, 3.05) is 18.4 Å². The summed E-state index contributed by atoms with van der Waals surface area (Å²) in [7, 11) is 0. The molecule has 29 heavy (non-hydrogen) atoms. The summed E-state index contributed by atoms with van der Waals surface area (Å²) in [5.74, 6) is 1.56. The largest absolute Gasteiger partial charge is 0.338 e. The van der Waals surface area contributed by atoms with Crippen molar-refractivity contribution in [1.29, 1.82) is 0 Å². The van der Waals surface area contributed by atoms with Gasteiger partial charge in [-0.2, -0.15) is 0 Å². The molecule has 4 unspecified atom stereocenters. The average Bonchev–Trinajstić information content (AvgIpc) is 2.99. The summed E-state index contributed by atoms with van der Waals surface area (Å²) in [6.45, 7) is 6.00.